The van der Waals surface area contributed by atoms with Gasteiger partial charge in [0, 0.05) is 5.92 Å². The molecule has 60 valence electrons. The Morgan fingerprint density at radius 2 is 2.27 bits per heavy atom. The van der Waals surface area contributed by atoms with Crippen molar-refractivity contribution in [1.29, 1.82) is 0 Å². The Hall–Kier alpha value is -0.280. The summed E-state index contributed by atoms with van der Waals surface area (Å²) in [6, 6.07) is 0.194. The third kappa shape index (κ3) is 1.23. The molecule has 11 heavy (non-hydrogen) atoms. The van der Waals surface area contributed by atoms with E-state index in [1.54, 1.807) is 0 Å². The Labute approximate surface area is 70.4 Å². The van der Waals surface area contributed by atoms with Crippen molar-refractivity contribution in [3.05, 3.63) is 0 Å². The third-order valence-electron chi connectivity index (χ3n) is 2.26. The van der Waals surface area contributed by atoms with Crippen LogP contribution < -0.4 is 0 Å². The van der Waals surface area contributed by atoms with Gasteiger partial charge in [0.1, 0.15) is 0 Å². The Kier molecular flexibility index (Phi) is 2.00. The van der Waals surface area contributed by atoms with E-state index in [0.717, 1.165) is 6.61 Å². The zero-order valence-electron chi connectivity index (χ0n) is 6.03. The van der Waals surface area contributed by atoms with Crippen LogP contribution in [0.15, 0.2) is 4.99 Å². The van der Waals surface area contributed by atoms with E-state index in [1.165, 1.54) is 0 Å². The lowest BCUT2D eigenvalue weighted by Crippen LogP contribution is -2.20. The number of aliphatic imine (C=N–C) groups is 1. The molecular weight excluding hydrogens is 162 g/mol. The summed E-state index contributed by atoms with van der Waals surface area (Å²) in [5.41, 5.74) is 0. The highest BCUT2D eigenvalue weighted by atomic mass is 32.1. The van der Waals surface area contributed by atoms with E-state index in [9.17, 15) is 0 Å². The molecule has 0 radical (unpaired) electrons. The number of hydrogen-bond donors (Lipinski definition) is 0. The maximum absolute atomic E-state index is 5.44. The average Bonchev–Trinajstić information content (AvgIpc) is 2.53. The van der Waals surface area contributed by atoms with Gasteiger partial charge in [0.15, 0.2) is 0 Å². The predicted molar refractivity (Wildman–Crippen MR) is 42.9 cm³/mol. The number of ether oxygens (including phenoxy) is 2. The number of isothiocyanates is 1. The van der Waals surface area contributed by atoms with Crippen molar-refractivity contribution >= 4 is 17.4 Å². The van der Waals surface area contributed by atoms with Crippen molar-refractivity contribution in [2.45, 2.75) is 12.1 Å². The van der Waals surface area contributed by atoms with Crippen LogP contribution in [0.4, 0.5) is 0 Å². The Balaban J connectivity index is 2.08. The Bertz CT molecular complexity index is 203. The van der Waals surface area contributed by atoms with Gasteiger partial charge in [0.05, 0.1) is 37.1 Å². The van der Waals surface area contributed by atoms with Crippen LogP contribution in [0.25, 0.3) is 0 Å². The summed E-state index contributed by atoms with van der Waals surface area (Å²) < 4.78 is 10.7. The largest absolute Gasteiger partial charge is 0.378 e. The summed E-state index contributed by atoms with van der Waals surface area (Å²) in [6.07, 6.45) is 0.257. The van der Waals surface area contributed by atoms with Gasteiger partial charge in [-0.1, -0.05) is 0 Å². The van der Waals surface area contributed by atoms with Crippen LogP contribution >= 0.6 is 12.2 Å². The molecule has 2 aliphatic heterocycles. The second-order valence-corrected chi connectivity index (χ2v) is 3.04. The van der Waals surface area contributed by atoms with E-state index in [2.05, 4.69) is 22.4 Å². The van der Waals surface area contributed by atoms with Crippen LogP contribution in [0.1, 0.15) is 0 Å². The van der Waals surface area contributed by atoms with Gasteiger partial charge in [-0.05, 0) is 12.2 Å². The SMILES string of the molecule is S=C=N[C@@H]1CO[C@H]2COC[C@H]21. The number of thiocarbonyl (C=S) groups is 1. The van der Waals surface area contributed by atoms with Gasteiger partial charge in [0.25, 0.3) is 0 Å². The highest BCUT2D eigenvalue weighted by Crippen LogP contribution is 2.28. The van der Waals surface area contributed by atoms with Gasteiger partial charge in [0.2, 0.25) is 0 Å². The lowest BCUT2D eigenvalue weighted by atomic mass is 10.0. The fourth-order valence-corrected chi connectivity index (χ4v) is 1.76. The smallest absolute Gasteiger partial charge is 0.0911 e. The predicted octanol–water partition coefficient (Wildman–Crippen LogP) is 0.503. The topological polar surface area (TPSA) is 30.8 Å². The maximum atomic E-state index is 5.44. The van der Waals surface area contributed by atoms with Gasteiger partial charge in [-0.3, -0.25) is 0 Å². The van der Waals surface area contributed by atoms with E-state index in [1.807, 2.05) is 0 Å². The van der Waals surface area contributed by atoms with Crippen molar-refractivity contribution in [2.24, 2.45) is 10.9 Å². The van der Waals surface area contributed by atoms with E-state index in [-0.39, 0.29) is 12.1 Å². The zero-order valence-corrected chi connectivity index (χ0v) is 6.84. The highest BCUT2D eigenvalue weighted by Gasteiger charge is 2.41. The second kappa shape index (κ2) is 2.99. The summed E-state index contributed by atoms with van der Waals surface area (Å²) in [7, 11) is 0. The van der Waals surface area contributed by atoms with Crippen molar-refractivity contribution in [3.8, 4) is 0 Å². The van der Waals surface area contributed by atoms with E-state index < -0.39 is 0 Å². The van der Waals surface area contributed by atoms with Crippen molar-refractivity contribution in [1.82, 2.24) is 0 Å². The first-order chi connectivity index (χ1) is 5.42. The molecule has 0 bridgehead atoms. The fraction of sp³-hybridized carbons (Fsp3) is 0.857. The van der Waals surface area contributed by atoms with Crippen molar-refractivity contribution in [2.75, 3.05) is 19.8 Å². The molecule has 0 amide bonds. The molecule has 0 unspecified atom stereocenters. The first-order valence-corrected chi connectivity index (χ1v) is 4.09. The molecule has 4 heteroatoms. The minimum absolute atomic E-state index is 0.194. The van der Waals surface area contributed by atoms with Crippen molar-refractivity contribution in [3.63, 3.8) is 0 Å². The molecule has 3 atom stereocenters. The summed E-state index contributed by atoms with van der Waals surface area (Å²) in [5, 5.41) is 2.40. The molecule has 0 aromatic carbocycles. The quantitative estimate of drug-likeness (QED) is 0.425. The van der Waals surface area contributed by atoms with E-state index in [0.29, 0.717) is 19.1 Å². The zero-order chi connectivity index (χ0) is 7.68. The first kappa shape index (κ1) is 7.37. The van der Waals surface area contributed by atoms with Gasteiger partial charge in [-0.2, -0.15) is 0 Å². The van der Waals surface area contributed by atoms with Gasteiger partial charge >= 0.3 is 0 Å². The highest BCUT2D eigenvalue weighted by molar-refractivity contribution is 7.78. The summed E-state index contributed by atoms with van der Waals surface area (Å²) >= 11 is 4.54. The fourth-order valence-electron chi connectivity index (χ4n) is 1.63. The van der Waals surface area contributed by atoms with Crippen LogP contribution in [-0.4, -0.2) is 37.1 Å². The van der Waals surface area contributed by atoms with Crippen LogP contribution in [0.2, 0.25) is 0 Å². The van der Waals surface area contributed by atoms with E-state index in [4.69, 9.17) is 9.47 Å². The molecular formula is C7H9NO2S. The second-order valence-electron chi connectivity index (χ2n) is 2.86. The minimum Gasteiger partial charge on any atom is -0.378 e. The molecule has 2 fully saturated rings. The number of hydrogen-bond acceptors (Lipinski definition) is 4. The standard InChI is InChI=1S/C7H9NO2S/c11-4-8-6-2-10-7-3-9-1-5(6)7/h5-7H,1-3H2/t5-,6+,7-/m0/s1. The van der Waals surface area contributed by atoms with Crippen LogP contribution in [-0.2, 0) is 9.47 Å². The molecule has 0 spiro atoms. The average molecular weight is 171 g/mol. The van der Waals surface area contributed by atoms with Gasteiger partial charge in [-0.15, -0.1) is 0 Å². The summed E-state index contributed by atoms with van der Waals surface area (Å²) in [4.78, 5) is 4.03. The maximum Gasteiger partial charge on any atom is 0.0911 e. The lowest BCUT2D eigenvalue weighted by molar-refractivity contribution is 0.0692. The molecule has 3 nitrogen and oxygen atoms in total. The third-order valence-corrected chi connectivity index (χ3v) is 2.37. The Morgan fingerprint density at radius 3 is 3.09 bits per heavy atom. The molecule has 2 heterocycles. The molecule has 2 saturated heterocycles. The van der Waals surface area contributed by atoms with Gasteiger partial charge in [-0.25, -0.2) is 4.99 Å². The monoisotopic (exact) mass is 171 g/mol. The number of fused-ring (bicyclic) bond motifs is 1. The lowest BCUT2D eigenvalue weighted by Gasteiger charge is -2.06. The summed E-state index contributed by atoms with van der Waals surface area (Å²) in [5.74, 6) is 0.422. The number of rotatable bonds is 1. The molecule has 0 aromatic rings. The first-order valence-electron chi connectivity index (χ1n) is 3.68. The molecule has 0 saturated carbocycles. The number of nitrogens with zero attached hydrogens (tertiary/aromatic N) is 1. The van der Waals surface area contributed by atoms with E-state index >= 15 is 0 Å². The molecule has 2 rings (SSSR count). The van der Waals surface area contributed by atoms with Crippen LogP contribution in [0.5, 0.6) is 0 Å². The molecule has 0 aromatic heterocycles. The van der Waals surface area contributed by atoms with Gasteiger partial charge < -0.3 is 9.47 Å². The molecule has 0 N–H and O–H groups in total. The van der Waals surface area contributed by atoms with Crippen LogP contribution in [0.3, 0.4) is 0 Å². The molecule has 2 aliphatic rings. The molecule has 0 aliphatic carbocycles. The minimum atomic E-state index is 0.194. The van der Waals surface area contributed by atoms with Crippen molar-refractivity contribution < 1.29 is 9.47 Å². The Morgan fingerprint density at radius 1 is 1.36 bits per heavy atom. The van der Waals surface area contributed by atoms with Crippen LogP contribution in [0, 0.1) is 5.92 Å². The normalized spacial score (nSPS) is 41.6. The summed E-state index contributed by atoms with van der Waals surface area (Å²) in [6.45, 7) is 2.16.